The summed E-state index contributed by atoms with van der Waals surface area (Å²) in [5.74, 6) is -0.111. The number of ether oxygens (including phenoxy) is 4. The maximum atomic E-state index is 12.8. The van der Waals surface area contributed by atoms with Gasteiger partial charge in [0.15, 0.2) is 6.29 Å². The van der Waals surface area contributed by atoms with Crippen LogP contribution in [0.2, 0.25) is 0 Å². The molecule has 5 fully saturated rings. The Balaban J connectivity index is 1.17. The van der Waals surface area contributed by atoms with E-state index >= 15 is 0 Å². The molecular formula is C36H50N2O8. The van der Waals surface area contributed by atoms with E-state index in [0.29, 0.717) is 45.3 Å². The summed E-state index contributed by atoms with van der Waals surface area (Å²) < 4.78 is 23.4. The molecule has 3 N–H and O–H groups in total. The second kappa shape index (κ2) is 12.0. The lowest BCUT2D eigenvalue weighted by Gasteiger charge is -2.66. The smallest absolute Gasteiger partial charge is 0.331 e. The number of aliphatic hydroxyl groups is 3. The highest BCUT2D eigenvalue weighted by molar-refractivity contribution is 5.85. The summed E-state index contributed by atoms with van der Waals surface area (Å²) in [7, 11) is 1.60. The molecule has 1 aromatic heterocycles. The van der Waals surface area contributed by atoms with Crippen molar-refractivity contribution in [2.45, 2.75) is 127 Å². The van der Waals surface area contributed by atoms with Crippen LogP contribution >= 0.6 is 0 Å². The zero-order chi connectivity index (χ0) is 32.3. The van der Waals surface area contributed by atoms with E-state index in [2.05, 4.69) is 18.1 Å². The van der Waals surface area contributed by atoms with Gasteiger partial charge in [-0.05, 0) is 99.3 Å². The van der Waals surface area contributed by atoms with Crippen LogP contribution in [0.5, 0.6) is 0 Å². The minimum Gasteiger partial charge on any atom is -0.458 e. The minimum atomic E-state index is -1.06. The van der Waals surface area contributed by atoms with Crippen LogP contribution in [0.25, 0.3) is 0 Å². The molecule has 0 aromatic carbocycles. The summed E-state index contributed by atoms with van der Waals surface area (Å²) in [5.41, 5.74) is -0.871. The molecule has 12 atom stereocenters. The van der Waals surface area contributed by atoms with Crippen LogP contribution in [-0.2, 0) is 30.3 Å². The molecule has 4 aliphatic carbocycles. The highest BCUT2D eigenvalue weighted by atomic mass is 16.7. The largest absolute Gasteiger partial charge is 0.458 e. The monoisotopic (exact) mass is 638 g/mol. The maximum absolute atomic E-state index is 12.8. The lowest BCUT2D eigenvalue weighted by Crippen LogP contribution is -2.69. The average Bonchev–Trinajstić information content (AvgIpc) is 3.58. The SMILES string of the molecule is CO[C@@H]1C[C@H](O[C@@H]2CC[C@]3(C=NCc4ccncc4)[C@H]4CC[C@]5(C)[C@H](C6=CC(=O)OC6)CC[C@]5(O)[C@@H]4CC[C@]3(O)C2)O[C@@H](C)[C@H]1O. The number of fused-ring (bicyclic) bond motifs is 5. The first kappa shape index (κ1) is 32.3. The van der Waals surface area contributed by atoms with E-state index in [4.69, 9.17) is 23.9 Å². The Hall–Kier alpha value is -2.21. The van der Waals surface area contributed by atoms with Crippen LogP contribution in [0, 0.1) is 28.6 Å². The van der Waals surface area contributed by atoms with E-state index in [1.54, 1.807) is 25.6 Å². The average molecular weight is 639 g/mol. The molecule has 6 aliphatic rings. The topological polar surface area (TPSA) is 140 Å². The molecule has 0 amide bonds. The summed E-state index contributed by atoms with van der Waals surface area (Å²) >= 11 is 0. The predicted octanol–water partition coefficient (Wildman–Crippen LogP) is 3.90. The summed E-state index contributed by atoms with van der Waals surface area (Å²) in [6.07, 6.45) is 11.8. The fourth-order valence-corrected chi connectivity index (χ4v) is 10.8. The maximum Gasteiger partial charge on any atom is 0.331 e. The Morgan fingerprint density at radius 2 is 1.87 bits per heavy atom. The number of esters is 1. The molecule has 10 nitrogen and oxygen atoms in total. The fraction of sp³-hybridized carbons (Fsp3) is 0.750. The molecule has 7 rings (SSSR count). The van der Waals surface area contributed by atoms with Crippen molar-refractivity contribution >= 4 is 12.2 Å². The van der Waals surface area contributed by atoms with Gasteiger partial charge in [0.2, 0.25) is 0 Å². The van der Waals surface area contributed by atoms with Gasteiger partial charge >= 0.3 is 5.97 Å². The van der Waals surface area contributed by atoms with Gasteiger partial charge in [-0.3, -0.25) is 9.98 Å². The van der Waals surface area contributed by atoms with Gasteiger partial charge in [0, 0.05) is 55.5 Å². The number of methoxy groups -OCH3 is 1. The quantitative estimate of drug-likeness (QED) is 0.231. The molecule has 0 spiro atoms. The summed E-state index contributed by atoms with van der Waals surface area (Å²) in [6.45, 7) is 4.87. The van der Waals surface area contributed by atoms with Gasteiger partial charge in [-0.2, -0.15) is 0 Å². The number of hydrogen-bond donors (Lipinski definition) is 3. The highest BCUT2D eigenvalue weighted by Gasteiger charge is 2.71. The zero-order valence-corrected chi connectivity index (χ0v) is 27.3. The standard InChI is InChI=1S/C36H50N2O8/c1-22-32(40)29(43-3)17-31(45-22)46-25-4-11-34(21-38-19-23-8-14-37-15-9-23)27-5-10-33(2)26(24-16-30(39)44-20-24)7-13-36(33,42)28(27)6-12-35(34,41)18-25/h8-9,14-16,21-22,25-29,31-32,40-42H,4-7,10-13,17-20H2,1-3H3/t22-,25+,26-,27-,28+,29+,31-,32+,33+,34-,35-,36-/m0/s1. The van der Waals surface area contributed by atoms with Gasteiger partial charge in [-0.15, -0.1) is 0 Å². The van der Waals surface area contributed by atoms with Gasteiger partial charge in [-0.1, -0.05) is 6.92 Å². The van der Waals surface area contributed by atoms with Gasteiger partial charge in [-0.25, -0.2) is 4.79 Å². The minimum absolute atomic E-state index is 0.00599. The predicted molar refractivity (Wildman–Crippen MR) is 169 cm³/mol. The molecule has 1 saturated heterocycles. The zero-order valence-electron chi connectivity index (χ0n) is 27.3. The van der Waals surface area contributed by atoms with Crippen molar-refractivity contribution in [2.24, 2.45) is 33.6 Å². The number of aliphatic imine (C=N–C) groups is 1. The van der Waals surface area contributed by atoms with Gasteiger partial charge in [0.05, 0.1) is 36.1 Å². The first-order valence-corrected chi connectivity index (χ1v) is 17.3. The van der Waals surface area contributed by atoms with Crippen LogP contribution in [0.1, 0.15) is 83.6 Å². The van der Waals surface area contributed by atoms with Crippen molar-refractivity contribution in [3.8, 4) is 0 Å². The number of carbonyl (C=O) groups is 1. The fourth-order valence-electron chi connectivity index (χ4n) is 10.8. The van der Waals surface area contributed by atoms with E-state index in [1.165, 1.54) is 0 Å². The third-order valence-electron chi connectivity index (χ3n) is 13.3. The highest BCUT2D eigenvalue weighted by Crippen LogP contribution is 2.70. The van der Waals surface area contributed by atoms with Gasteiger partial charge in [0.25, 0.3) is 0 Å². The number of pyridine rings is 1. The number of aromatic nitrogens is 1. The summed E-state index contributed by atoms with van der Waals surface area (Å²) in [4.78, 5) is 21.1. The van der Waals surface area contributed by atoms with Gasteiger partial charge in [0.1, 0.15) is 12.7 Å². The number of hydrogen-bond acceptors (Lipinski definition) is 10. The first-order valence-electron chi connectivity index (χ1n) is 17.3. The number of aliphatic hydroxyl groups excluding tert-OH is 1. The Kier molecular flexibility index (Phi) is 8.46. The van der Waals surface area contributed by atoms with Crippen LogP contribution in [0.15, 0.2) is 41.2 Å². The van der Waals surface area contributed by atoms with Crippen molar-refractivity contribution < 1.29 is 39.1 Å². The van der Waals surface area contributed by atoms with Crippen molar-refractivity contribution in [3.63, 3.8) is 0 Å². The normalized spacial score (nSPS) is 47.2. The van der Waals surface area contributed by atoms with E-state index in [-0.39, 0.29) is 41.3 Å². The molecular weight excluding hydrogens is 588 g/mol. The molecule has 1 aromatic rings. The molecule has 0 unspecified atom stereocenters. The Bertz CT molecular complexity index is 1360. The van der Waals surface area contributed by atoms with Crippen molar-refractivity contribution in [1.29, 1.82) is 0 Å². The molecule has 3 heterocycles. The van der Waals surface area contributed by atoms with Crippen molar-refractivity contribution in [2.75, 3.05) is 13.7 Å². The number of cyclic esters (lactones) is 1. The van der Waals surface area contributed by atoms with Crippen molar-refractivity contribution in [1.82, 2.24) is 4.98 Å². The molecule has 0 bridgehead atoms. The summed E-state index contributed by atoms with van der Waals surface area (Å²) in [5, 5.41) is 36.0. The van der Waals surface area contributed by atoms with Crippen LogP contribution in [0.4, 0.5) is 0 Å². The second-order valence-electron chi connectivity index (χ2n) is 15.2. The van der Waals surface area contributed by atoms with Crippen LogP contribution in [0.3, 0.4) is 0 Å². The lowest BCUT2D eigenvalue weighted by atomic mass is 9.41. The summed E-state index contributed by atoms with van der Waals surface area (Å²) in [6, 6.07) is 3.93. The molecule has 2 aliphatic heterocycles. The number of nitrogens with zero attached hydrogens (tertiary/aromatic N) is 2. The van der Waals surface area contributed by atoms with E-state index < -0.39 is 35.1 Å². The molecule has 10 heteroatoms. The molecule has 252 valence electrons. The molecule has 4 saturated carbocycles. The van der Waals surface area contributed by atoms with E-state index in [0.717, 1.165) is 43.2 Å². The van der Waals surface area contributed by atoms with Crippen LogP contribution < -0.4 is 0 Å². The Morgan fingerprint density at radius 3 is 2.61 bits per heavy atom. The first-order chi connectivity index (χ1) is 22.0. The Labute approximate surface area is 271 Å². The van der Waals surface area contributed by atoms with E-state index in [9.17, 15) is 20.1 Å². The van der Waals surface area contributed by atoms with Crippen molar-refractivity contribution in [3.05, 3.63) is 41.7 Å². The molecule has 0 radical (unpaired) electrons. The lowest BCUT2D eigenvalue weighted by molar-refractivity contribution is -0.284. The third kappa shape index (κ3) is 5.10. The number of rotatable bonds is 7. The van der Waals surface area contributed by atoms with E-state index in [1.807, 2.05) is 19.1 Å². The number of carbonyl (C=O) groups excluding carboxylic acids is 1. The third-order valence-corrected chi connectivity index (χ3v) is 13.3. The van der Waals surface area contributed by atoms with Crippen LogP contribution in [-0.4, -0.2) is 88.1 Å². The second-order valence-corrected chi connectivity index (χ2v) is 15.2. The Morgan fingerprint density at radius 1 is 1.09 bits per heavy atom. The van der Waals surface area contributed by atoms with Gasteiger partial charge < -0.3 is 34.3 Å². The molecule has 46 heavy (non-hydrogen) atoms.